The molecular formula is C14H10N2O2. The van der Waals surface area contributed by atoms with Crippen molar-refractivity contribution in [1.29, 1.82) is 0 Å². The minimum Gasteiger partial charge on any atom is -0.355 e. The molecule has 0 amide bonds. The molecule has 0 atom stereocenters. The van der Waals surface area contributed by atoms with Gasteiger partial charge in [0.25, 0.3) is 0 Å². The van der Waals surface area contributed by atoms with Crippen molar-refractivity contribution in [3.63, 3.8) is 0 Å². The summed E-state index contributed by atoms with van der Waals surface area (Å²) in [7, 11) is 0. The zero-order valence-corrected chi connectivity index (χ0v) is 9.46. The van der Waals surface area contributed by atoms with Crippen molar-refractivity contribution in [1.82, 2.24) is 4.98 Å². The van der Waals surface area contributed by atoms with E-state index in [0.717, 1.165) is 33.6 Å². The predicted molar refractivity (Wildman–Crippen MR) is 71.8 cm³/mol. The van der Waals surface area contributed by atoms with E-state index in [1.807, 2.05) is 42.5 Å². The average Bonchev–Trinajstić information content (AvgIpc) is 2.79. The molecule has 0 aliphatic rings. The summed E-state index contributed by atoms with van der Waals surface area (Å²) < 4.78 is 0. The highest BCUT2D eigenvalue weighted by Gasteiger charge is 2.03. The summed E-state index contributed by atoms with van der Waals surface area (Å²) in [5, 5.41) is 13.7. The Morgan fingerprint density at radius 3 is 2.78 bits per heavy atom. The molecule has 0 spiro atoms. The van der Waals surface area contributed by atoms with Crippen molar-refractivity contribution in [3.8, 4) is 0 Å². The number of fused-ring (bicyclic) bond motifs is 3. The SMILES string of the molecule is O=[N+]([O-])C=Cc1cc2c(ccc3ccccc32)[nH]1. The number of hydrogen-bond donors (Lipinski definition) is 1. The van der Waals surface area contributed by atoms with Crippen molar-refractivity contribution in [2.75, 3.05) is 0 Å². The Morgan fingerprint density at radius 2 is 1.94 bits per heavy atom. The van der Waals surface area contributed by atoms with Crippen molar-refractivity contribution in [2.45, 2.75) is 0 Å². The van der Waals surface area contributed by atoms with Crippen LogP contribution >= 0.6 is 0 Å². The van der Waals surface area contributed by atoms with Gasteiger partial charge in [0.1, 0.15) is 0 Å². The van der Waals surface area contributed by atoms with Crippen molar-refractivity contribution < 1.29 is 4.92 Å². The predicted octanol–water partition coefficient (Wildman–Crippen LogP) is 3.57. The van der Waals surface area contributed by atoms with Crippen LogP contribution < -0.4 is 0 Å². The standard InChI is InChI=1S/C14H10N2O2/c17-16(18)8-7-11-9-13-12-4-2-1-3-10(12)5-6-14(13)15-11/h1-9,15H. The van der Waals surface area contributed by atoms with E-state index in [1.54, 1.807) is 0 Å². The first-order valence-corrected chi connectivity index (χ1v) is 5.56. The van der Waals surface area contributed by atoms with Gasteiger partial charge in [-0.15, -0.1) is 0 Å². The monoisotopic (exact) mass is 238 g/mol. The van der Waals surface area contributed by atoms with Crippen LogP contribution in [0.3, 0.4) is 0 Å². The van der Waals surface area contributed by atoms with Gasteiger partial charge in [0.05, 0.1) is 4.92 Å². The Labute approximate surface area is 103 Å². The molecular weight excluding hydrogens is 228 g/mol. The summed E-state index contributed by atoms with van der Waals surface area (Å²) in [5.74, 6) is 0. The van der Waals surface area contributed by atoms with E-state index in [-0.39, 0.29) is 0 Å². The summed E-state index contributed by atoms with van der Waals surface area (Å²) in [6.07, 6.45) is 2.40. The fraction of sp³-hybridized carbons (Fsp3) is 0. The van der Waals surface area contributed by atoms with E-state index < -0.39 is 4.92 Å². The summed E-state index contributed by atoms with van der Waals surface area (Å²) in [4.78, 5) is 13.0. The molecule has 1 aromatic heterocycles. The lowest BCUT2D eigenvalue weighted by Crippen LogP contribution is -1.81. The molecule has 0 unspecified atom stereocenters. The van der Waals surface area contributed by atoms with Crippen LogP contribution in [0.4, 0.5) is 0 Å². The van der Waals surface area contributed by atoms with Gasteiger partial charge in [0.15, 0.2) is 0 Å². The average molecular weight is 238 g/mol. The van der Waals surface area contributed by atoms with Crippen LogP contribution in [0.15, 0.2) is 48.7 Å². The van der Waals surface area contributed by atoms with Gasteiger partial charge in [-0.25, -0.2) is 0 Å². The first-order chi connectivity index (χ1) is 8.74. The summed E-state index contributed by atoms with van der Waals surface area (Å²) >= 11 is 0. The van der Waals surface area contributed by atoms with E-state index in [9.17, 15) is 10.1 Å². The number of rotatable bonds is 2. The number of nitrogens with one attached hydrogen (secondary N) is 1. The minimum atomic E-state index is -0.469. The topological polar surface area (TPSA) is 58.9 Å². The highest BCUT2D eigenvalue weighted by Crippen LogP contribution is 2.26. The molecule has 0 bridgehead atoms. The Hall–Kier alpha value is -2.62. The zero-order chi connectivity index (χ0) is 12.5. The summed E-state index contributed by atoms with van der Waals surface area (Å²) in [5.41, 5.74) is 1.72. The van der Waals surface area contributed by atoms with Crippen LogP contribution in [-0.4, -0.2) is 9.91 Å². The van der Waals surface area contributed by atoms with Gasteiger partial charge < -0.3 is 4.98 Å². The summed E-state index contributed by atoms with van der Waals surface area (Å²) in [6.45, 7) is 0. The summed E-state index contributed by atoms with van der Waals surface area (Å²) in [6, 6.07) is 14.0. The van der Waals surface area contributed by atoms with Crippen molar-refractivity contribution in [3.05, 3.63) is 64.5 Å². The number of nitro groups is 1. The third-order valence-electron chi connectivity index (χ3n) is 2.93. The lowest BCUT2D eigenvalue weighted by atomic mass is 10.1. The van der Waals surface area contributed by atoms with E-state index in [2.05, 4.69) is 4.98 Å². The maximum Gasteiger partial charge on any atom is 0.236 e. The fourth-order valence-electron chi connectivity index (χ4n) is 2.14. The van der Waals surface area contributed by atoms with E-state index in [1.165, 1.54) is 6.08 Å². The molecule has 0 fully saturated rings. The first-order valence-electron chi connectivity index (χ1n) is 5.56. The van der Waals surface area contributed by atoms with Crippen LogP contribution in [0.1, 0.15) is 5.69 Å². The first kappa shape index (κ1) is 10.5. The maximum absolute atomic E-state index is 10.3. The molecule has 1 heterocycles. The Bertz CT molecular complexity index is 772. The molecule has 0 radical (unpaired) electrons. The number of aromatic amines is 1. The second-order valence-electron chi connectivity index (χ2n) is 4.07. The molecule has 3 rings (SSSR count). The Balaban J connectivity index is 2.22. The fourth-order valence-corrected chi connectivity index (χ4v) is 2.14. The molecule has 4 heteroatoms. The van der Waals surface area contributed by atoms with Gasteiger partial charge in [-0.05, 0) is 22.9 Å². The highest BCUT2D eigenvalue weighted by atomic mass is 16.6. The molecule has 3 aromatic rings. The van der Waals surface area contributed by atoms with E-state index in [4.69, 9.17) is 0 Å². The van der Waals surface area contributed by atoms with Crippen LogP contribution in [0.2, 0.25) is 0 Å². The maximum atomic E-state index is 10.3. The minimum absolute atomic E-state index is 0.469. The quantitative estimate of drug-likeness (QED) is 0.548. The number of benzene rings is 2. The van der Waals surface area contributed by atoms with E-state index in [0.29, 0.717) is 0 Å². The highest BCUT2D eigenvalue weighted by molar-refractivity contribution is 6.07. The van der Waals surface area contributed by atoms with Crippen LogP contribution in [-0.2, 0) is 0 Å². The normalized spacial score (nSPS) is 11.6. The van der Waals surface area contributed by atoms with Crippen molar-refractivity contribution >= 4 is 27.8 Å². The number of aromatic nitrogens is 1. The van der Waals surface area contributed by atoms with Crippen LogP contribution in [0, 0.1) is 10.1 Å². The van der Waals surface area contributed by atoms with Gasteiger partial charge in [-0.1, -0.05) is 30.3 Å². The molecule has 0 aliphatic heterocycles. The largest absolute Gasteiger partial charge is 0.355 e. The number of H-pyrrole nitrogens is 1. The second-order valence-corrected chi connectivity index (χ2v) is 4.07. The lowest BCUT2D eigenvalue weighted by Gasteiger charge is -1.97. The number of hydrogen-bond acceptors (Lipinski definition) is 2. The molecule has 18 heavy (non-hydrogen) atoms. The third kappa shape index (κ3) is 1.73. The molecule has 2 aromatic carbocycles. The Kier molecular flexibility index (Phi) is 2.34. The third-order valence-corrected chi connectivity index (χ3v) is 2.93. The molecule has 4 nitrogen and oxygen atoms in total. The van der Waals surface area contributed by atoms with Gasteiger partial charge in [-0.3, -0.25) is 10.1 Å². The van der Waals surface area contributed by atoms with Crippen LogP contribution in [0.5, 0.6) is 0 Å². The van der Waals surface area contributed by atoms with Gasteiger partial charge >= 0.3 is 0 Å². The Morgan fingerprint density at radius 1 is 1.11 bits per heavy atom. The van der Waals surface area contributed by atoms with Crippen LogP contribution in [0.25, 0.3) is 27.8 Å². The zero-order valence-electron chi connectivity index (χ0n) is 9.46. The smallest absolute Gasteiger partial charge is 0.236 e. The van der Waals surface area contributed by atoms with Crippen molar-refractivity contribution in [2.24, 2.45) is 0 Å². The molecule has 88 valence electrons. The number of nitrogens with zero attached hydrogens (tertiary/aromatic N) is 1. The molecule has 0 aliphatic carbocycles. The van der Waals surface area contributed by atoms with E-state index >= 15 is 0 Å². The lowest BCUT2D eigenvalue weighted by molar-refractivity contribution is -0.400. The molecule has 0 saturated heterocycles. The second kappa shape index (κ2) is 4.00. The van der Waals surface area contributed by atoms with Gasteiger partial charge in [0, 0.05) is 22.7 Å². The van der Waals surface area contributed by atoms with Gasteiger partial charge in [-0.2, -0.15) is 0 Å². The molecule has 1 N–H and O–H groups in total. The van der Waals surface area contributed by atoms with Gasteiger partial charge in [0.2, 0.25) is 6.20 Å². The molecule has 0 saturated carbocycles.